The molecular weight excluding hydrogens is 362 g/mol. The quantitative estimate of drug-likeness (QED) is 0.770. The Morgan fingerprint density at radius 1 is 0.759 bits per heavy atom. The van der Waals surface area contributed by atoms with Crippen LogP contribution < -0.4 is 15.5 Å². The van der Waals surface area contributed by atoms with Crippen molar-refractivity contribution < 1.29 is 9.59 Å². The van der Waals surface area contributed by atoms with Gasteiger partial charge in [0.15, 0.2) is 0 Å². The molecule has 154 valence electrons. The maximum atomic E-state index is 12.6. The van der Waals surface area contributed by atoms with Crippen molar-refractivity contribution in [2.45, 2.75) is 39.5 Å². The van der Waals surface area contributed by atoms with E-state index < -0.39 is 0 Å². The van der Waals surface area contributed by atoms with Crippen molar-refractivity contribution in [1.29, 1.82) is 0 Å². The van der Waals surface area contributed by atoms with E-state index in [0.29, 0.717) is 0 Å². The summed E-state index contributed by atoms with van der Waals surface area (Å²) in [5.41, 5.74) is 5.14. The Kier molecular flexibility index (Phi) is 6.57. The van der Waals surface area contributed by atoms with Crippen LogP contribution in [0.5, 0.6) is 0 Å². The standard InChI is InChI=1S/C24H31N3O2/c1-16-5-10-21(15-17(16)2)26-24(29)19-8-6-18(7-9-19)23(28)25-20-11-13-22(14-12-20)27(3)4/h5,10-15,18-19H,6-9H2,1-4H3,(H,25,28)(H,26,29). The third kappa shape index (κ3) is 5.37. The number of carbonyl (C=O) groups is 2. The fourth-order valence-corrected chi connectivity index (χ4v) is 3.77. The van der Waals surface area contributed by atoms with Gasteiger partial charge in [-0.3, -0.25) is 9.59 Å². The molecule has 2 amide bonds. The number of nitrogens with one attached hydrogen (secondary N) is 2. The molecule has 0 saturated heterocycles. The summed E-state index contributed by atoms with van der Waals surface area (Å²) in [7, 11) is 3.98. The summed E-state index contributed by atoms with van der Waals surface area (Å²) in [4.78, 5) is 27.2. The second-order valence-electron chi connectivity index (χ2n) is 8.27. The largest absolute Gasteiger partial charge is 0.378 e. The van der Waals surface area contributed by atoms with Gasteiger partial charge in [0.25, 0.3) is 0 Å². The van der Waals surface area contributed by atoms with E-state index in [1.54, 1.807) is 0 Å². The monoisotopic (exact) mass is 393 g/mol. The third-order valence-corrected chi connectivity index (χ3v) is 5.89. The van der Waals surface area contributed by atoms with Gasteiger partial charge in [0, 0.05) is 43.0 Å². The lowest BCUT2D eigenvalue weighted by atomic mass is 9.81. The molecule has 0 heterocycles. The molecule has 2 N–H and O–H groups in total. The SMILES string of the molecule is Cc1ccc(NC(=O)C2CCC(C(=O)Nc3ccc(N(C)C)cc3)CC2)cc1C. The maximum Gasteiger partial charge on any atom is 0.227 e. The minimum Gasteiger partial charge on any atom is -0.378 e. The first-order chi connectivity index (χ1) is 13.8. The van der Waals surface area contributed by atoms with E-state index in [1.807, 2.05) is 68.4 Å². The van der Waals surface area contributed by atoms with Crippen LogP contribution in [-0.4, -0.2) is 25.9 Å². The van der Waals surface area contributed by atoms with Crippen LogP contribution in [0.1, 0.15) is 36.8 Å². The smallest absolute Gasteiger partial charge is 0.227 e. The van der Waals surface area contributed by atoms with Gasteiger partial charge < -0.3 is 15.5 Å². The van der Waals surface area contributed by atoms with Crippen LogP contribution in [0, 0.1) is 25.7 Å². The van der Waals surface area contributed by atoms with Gasteiger partial charge in [-0.1, -0.05) is 6.07 Å². The lowest BCUT2D eigenvalue weighted by Crippen LogP contribution is -2.32. The summed E-state index contributed by atoms with van der Waals surface area (Å²) in [5.74, 6) is 0.0521. The van der Waals surface area contributed by atoms with Crippen LogP contribution in [0.3, 0.4) is 0 Å². The Bertz CT molecular complexity index is 866. The molecule has 0 radical (unpaired) electrons. The summed E-state index contributed by atoms with van der Waals surface area (Å²) in [6.45, 7) is 4.10. The molecule has 5 nitrogen and oxygen atoms in total. The first-order valence-corrected chi connectivity index (χ1v) is 10.3. The number of aryl methyl sites for hydroxylation is 2. The molecule has 0 unspecified atom stereocenters. The lowest BCUT2D eigenvalue weighted by molar-refractivity contribution is -0.125. The van der Waals surface area contributed by atoms with E-state index in [2.05, 4.69) is 17.6 Å². The molecule has 1 aliphatic rings. The average Bonchev–Trinajstić information content (AvgIpc) is 2.71. The fraction of sp³-hybridized carbons (Fsp3) is 0.417. The first-order valence-electron chi connectivity index (χ1n) is 10.3. The predicted molar refractivity (Wildman–Crippen MR) is 119 cm³/mol. The Morgan fingerprint density at radius 2 is 1.24 bits per heavy atom. The molecule has 1 fully saturated rings. The summed E-state index contributed by atoms with van der Waals surface area (Å²) < 4.78 is 0. The average molecular weight is 394 g/mol. The zero-order valence-corrected chi connectivity index (χ0v) is 17.8. The number of hydrogen-bond acceptors (Lipinski definition) is 3. The summed E-state index contributed by atoms with van der Waals surface area (Å²) in [5, 5.41) is 6.05. The molecular formula is C24H31N3O2. The van der Waals surface area contributed by atoms with Crippen LogP contribution in [0.25, 0.3) is 0 Å². The van der Waals surface area contributed by atoms with Gasteiger partial charge in [-0.05, 0) is 87.1 Å². The molecule has 3 rings (SSSR count). The van der Waals surface area contributed by atoms with Crippen molar-refractivity contribution in [3.8, 4) is 0 Å². The predicted octanol–water partition coefficient (Wildman–Crippen LogP) is 4.75. The lowest BCUT2D eigenvalue weighted by Gasteiger charge is -2.27. The molecule has 5 heteroatoms. The molecule has 1 aliphatic carbocycles. The minimum absolute atomic E-state index is 0.0277. The van der Waals surface area contributed by atoms with E-state index in [-0.39, 0.29) is 23.7 Å². The Hall–Kier alpha value is -2.82. The van der Waals surface area contributed by atoms with Crippen molar-refractivity contribution in [1.82, 2.24) is 0 Å². The molecule has 2 aromatic rings. The van der Waals surface area contributed by atoms with Gasteiger partial charge in [-0.25, -0.2) is 0 Å². The van der Waals surface area contributed by atoms with E-state index in [4.69, 9.17) is 0 Å². The van der Waals surface area contributed by atoms with Crippen molar-refractivity contribution >= 4 is 28.9 Å². The van der Waals surface area contributed by atoms with E-state index in [1.165, 1.54) is 11.1 Å². The van der Waals surface area contributed by atoms with Crippen LogP contribution in [0.15, 0.2) is 42.5 Å². The zero-order chi connectivity index (χ0) is 21.0. The van der Waals surface area contributed by atoms with Crippen molar-refractivity contribution in [2.75, 3.05) is 29.6 Å². The van der Waals surface area contributed by atoms with Crippen molar-refractivity contribution in [2.24, 2.45) is 11.8 Å². The minimum atomic E-state index is -0.0332. The van der Waals surface area contributed by atoms with Crippen molar-refractivity contribution in [3.05, 3.63) is 53.6 Å². The third-order valence-electron chi connectivity index (χ3n) is 5.89. The van der Waals surface area contributed by atoms with Gasteiger partial charge in [-0.15, -0.1) is 0 Å². The summed E-state index contributed by atoms with van der Waals surface area (Å²) in [6, 6.07) is 13.8. The number of carbonyl (C=O) groups excluding carboxylic acids is 2. The summed E-state index contributed by atoms with van der Waals surface area (Å²) in [6.07, 6.45) is 2.97. The Balaban J connectivity index is 1.49. The highest BCUT2D eigenvalue weighted by atomic mass is 16.2. The highest BCUT2D eigenvalue weighted by Crippen LogP contribution is 2.31. The van der Waals surface area contributed by atoms with E-state index >= 15 is 0 Å². The van der Waals surface area contributed by atoms with Crippen LogP contribution in [0.4, 0.5) is 17.1 Å². The van der Waals surface area contributed by atoms with Gasteiger partial charge >= 0.3 is 0 Å². The van der Waals surface area contributed by atoms with Crippen LogP contribution in [-0.2, 0) is 9.59 Å². The normalized spacial score (nSPS) is 18.8. The van der Waals surface area contributed by atoms with Gasteiger partial charge in [0.1, 0.15) is 0 Å². The topological polar surface area (TPSA) is 61.4 Å². The molecule has 0 aromatic heterocycles. The second kappa shape index (κ2) is 9.12. The number of rotatable bonds is 5. The maximum absolute atomic E-state index is 12.6. The molecule has 0 aliphatic heterocycles. The number of hydrogen-bond donors (Lipinski definition) is 2. The molecule has 2 aromatic carbocycles. The second-order valence-corrected chi connectivity index (χ2v) is 8.27. The Morgan fingerprint density at radius 3 is 1.72 bits per heavy atom. The number of benzene rings is 2. The van der Waals surface area contributed by atoms with Crippen LogP contribution >= 0.6 is 0 Å². The molecule has 1 saturated carbocycles. The fourth-order valence-electron chi connectivity index (χ4n) is 3.77. The Labute approximate surface area is 173 Å². The first kappa shape index (κ1) is 20.9. The number of anilines is 3. The number of nitrogens with zero attached hydrogens (tertiary/aromatic N) is 1. The van der Waals surface area contributed by atoms with E-state index in [0.717, 1.165) is 42.7 Å². The van der Waals surface area contributed by atoms with Crippen molar-refractivity contribution in [3.63, 3.8) is 0 Å². The highest BCUT2D eigenvalue weighted by Gasteiger charge is 2.30. The van der Waals surface area contributed by atoms with Crippen LogP contribution in [0.2, 0.25) is 0 Å². The molecule has 0 atom stereocenters. The molecule has 0 spiro atoms. The summed E-state index contributed by atoms with van der Waals surface area (Å²) >= 11 is 0. The van der Waals surface area contributed by atoms with Gasteiger partial charge in [0.05, 0.1) is 0 Å². The highest BCUT2D eigenvalue weighted by molar-refractivity contribution is 5.94. The zero-order valence-electron chi connectivity index (χ0n) is 17.8. The number of amides is 2. The van der Waals surface area contributed by atoms with Gasteiger partial charge in [0.2, 0.25) is 11.8 Å². The molecule has 0 bridgehead atoms. The van der Waals surface area contributed by atoms with E-state index in [9.17, 15) is 9.59 Å². The van der Waals surface area contributed by atoms with Gasteiger partial charge in [-0.2, -0.15) is 0 Å². The molecule has 29 heavy (non-hydrogen) atoms.